The van der Waals surface area contributed by atoms with E-state index in [2.05, 4.69) is 15.5 Å². The first kappa shape index (κ1) is 13.5. The number of hydrogen-bond donors (Lipinski definition) is 1. The van der Waals surface area contributed by atoms with Crippen LogP contribution in [0.5, 0.6) is 0 Å². The first-order valence-electron chi connectivity index (χ1n) is 6.82. The maximum absolute atomic E-state index is 12.2. The quantitative estimate of drug-likeness (QED) is 0.863. The van der Waals surface area contributed by atoms with Crippen LogP contribution in [0, 0.1) is 5.92 Å². The molecule has 1 saturated carbocycles. The van der Waals surface area contributed by atoms with Crippen LogP contribution in [0.25, 0.3) is 0 Å². The summed E-state index contributed by atoms with van der Waals surface area (Å²) < 4.78 is 5.16. The number of cyclic esters (lactones) is 1. The van der Waals surface area contributed by atoms with E-state index in [0.717, 1.165) is 17.8 Å². The lowest BCUT2D eigenvalue weighted by molar-refractivity contribution is -0.147. The van der Waals surface area contributed by atoms with Crippen molar-refractivity contribution < 1.29 is 14.3 Å². The summed E-state index contributed by atoms with van der Waals surface area (Å²) in [7, 11) is 0. The minimum absolute atomic E-state index is 0.118. The van der Waals surface area contributed by atoms with Crippen LogP contribution in [0.15, 0.2) is 0 Å². The number of carbonyl (C=O) groups is 2. The van der Waals surface area contributed by atoms with Crippen molar-refractivity contribution in [2.45, 2.75) is 51.0 Å². The molecule has 0 radical (unpaired) electrons. The molecule has 3 rings (SSSR count). The van der Waals surface area contributed by atoms with Gasteiger partial charge in [-0.3, -0.25) is 9.59 Å². The predicted molar refractivity (Wildman–Crippen MR) is 73.4 cm³/mol. The highest BCUT2D eigenvalue weighted by atomic mass is 32.1. The third kappa shape index (κ3) is 2.42. The molecule has 1 amide bonds. The molecule has 1 aromatic rings. The standard InChI is InChI=1S/C13H17N3O3S/c1-13(2)8(6-9(17)19-13)10(18)14-12-16-15-11(20-12)7-4-3-5-7/h7-8H,3-6H2,1-2H3,(H,14,16,18). The summed E-state index contributed by atoms with van der Waals surface area (Å²) >= 11 is 1.42. The monoisotopic (exact) mass is 295 g/mol. The van der Waals surface area contributed by atoms with Crippen LogP contribution < -0.4 is 5.32 Å². The van der Waals surface area contributed by atoms with Crippen molar-refractivity contribution in [3.8, 4) is 0 Å². The Balaban J connectivity index is 1.66. The maximum atomic E-state index is 12.2. The Labute approximate surface area is 120 Å². The van der Waals surface area contributed by atoms with Gasteiger partial charge in [-0.25, -0.2) is 0 Å². The lowest BCUT2D eigenvalue weighted by atomic mass is 9.86. The van der Waals surface area contributed by atoms with Crippen LogP contribution >= 0.6 is 11.3 Å². The highest BCUT2D eigenvalue weighted by molar-refractivity contribution is 7.15. The van der Waals surface area contributed by atoms with Gasteiger partial charge in [0, 0.05) is 5.92 Å². The van der Waals surface area contributed by atoms with Crippen molar-refractivity contribution in [3.63, 3.8) is 0 Å². The summed E-state index contributed by atoms with van der Waals surface area (Å²) in [6, 6.07) is 0. The van der Waals surface area contributed by atoms with Gasteiger partial charge in [0.15, 0.2) is 0 Å². The van der Waals surface area contributed by atoms with E-state index in [1.54, 1.807) is 13.8 Å². The number of esters is 1. The Kier molecular flexibility index (Phi) is 3.24. The van der Waals surface area contributed by atoms with Crippen LogP contribution in [0.3, 0.4) is 0 Å². The molecular formula is C13H17N3O3S. The molecular weight excluding hydrogens is 278 g/mol. The third-order valence-corrected chi connectivity index (χ3v) is 5.03. The first-order chi connectivity index (χ1) is 9.45. The molecule has 1 unspecified atom stereocenters. The van der Waals surface area contributed by atoms with Crippen molar-refractivity contribution in [1.82, 2.24) is 10.2 Å². The fraction of sp³-hybridized carbons (Fsp3) is 0.692. The molecule has 20 heavy (non-hydrogen) atoms. The molecule has 2 aliphatic rings. The zero-order valence-electron chi connectivity index (χ0n) is 11.5. The lowest BCUT2D eigenvalue weighted by Crippen LogP contribution is -2.36. The fourth-order valence-electron chi connectivity index (χ4n) is 2.52. The van der Waals surface area contributed by atoms with Gasteiger partial charge in [-0.05, 0) is 26.7 Å². The van der Waals surface area contributed by atoms with Gasteiger partial charge in [0.25, 0.3) is 0 Å². The van der Waals surface area contributed by atoms with Crippen molar-refractivity contribution in [2.75, 3.05) is 5.32 Å². The van der Waals surface area contributed by atoms with Crippen molar-refractivity contribution in [3.05, 3.63) is 5.01 Å². The Bertz CT molecular complexity index is 551. The number of nitrogens with one attached hydrogen (secondary N) is 1. The second kappa shape index (κ2) is 4.80. The molecule has 1 atom stereocenters. The zero-order chi connectivity index (χ0) is 14.3. The minimum atomic E-state index is -0.761. The summed E-state index contributed by atoms with van der Waals surface area (Å²) in [6.45, 7) is 3.50. The first-order valence-corrected chi connectivity index (χ1v) is 7.63. The summed E-state index contributed by atoms with van der Waals surface area (Å²) in [4.78, 5) is 23.6. The van der Waals surface area contributed by atoms with Gasteiger partial charge in [0.05, 0.1) is 12.3 Å². The summed E-state index contributed by atoms with van der Waals surface area (Å²) in [6.07, 6.45) is 3.66. The van der Waals surface area contributed by atoms with E-state index in [1.807, 2.05) is 0 Å². The van der Waals surface area contributed by atoms with Crippen LogP contribution in [0.2, 0.25) is 0 Å². The molecule has 0 aromatic carbocycles. The van der Waals surface area contributed by atoms with Gasteiger partial charge < -0.3 is 10.1 Å². The highest BCUT2D eigenvalue weighted by Crippen LogP contribution is 2.39. The lowest BCUT2D eigenvalue weighted by Gasteiger charge is -2.23. The van der Waals surface area contributed by atoms with E-state index in [4.69, 9.17) is 4.74 Å². The van der Waals surface area contributed by atoms with E-state index < -0.39 is 11.5 Å². The van der Waals surface area contributed by atoms with Gasteiger partial charge >= 0.3 is 5.97 Å². The molecule has 1 N–H and O–H groups in total. The predicted octanol–water partition coefficient (Wildman–Crippen LogP) is 2.09. The van der Waals surface area contributed by atoms with Crippen molar-refractivity contribution >= 4 is 28.3 Å². The second-order valence-electron chi connectivity index (χ2n) is 5.90. The average molecular weight is 295 g/mol. The SMILES string of the molecule is CC1(C)OC(=O)CC1C(=O)Nc1nnc(C2CCC2)s1. The van der Waals surface area contributed by atoms with Crippen LogP contribution in [-0.2, 0) is 14.3 Å². The molecule has 1 aliphatic carbocycles. The molecule has 6 nitrogen and oxygen atoms in total. The summed E-state index contributed by atoms with van der Waals surface area (Å²) in [5.41, 5.74) is -0.761. The molecule has 2 heterocycles. The largest absolute Gasteiger partial charge is 0.459 e. The van der Waals surface area contributed by atoms with Gasteiger partial charge in [-0.15, -0.1) is 10.2 Å². The molecule has 0 spiro atoms. The van der Waals surface area contributed by atoms with Crippen molar-refractivity contribution in [2.24, 2.45) is 5.92 Å². The van der Waals surface area contributed by atoms with Crippen LogP contribution in [0.1, 0.15) is 50.5 Å². The van der Waals surface area contributed by atoms with E-state index in [1.165, 1.54) is 17.8 Å². The summed E-state index contributed by atoms with van der Waals surface area (Å²) in [5, 5.41) is 12.4. The Morgan fingerprint density at radius 3 is 2.70 bits per heavy atom. The number of aromatic nitrogens is 2. The third-order valence-electron chi connectivity index (χ3n) is 4.03. The molecule has 1 aromatic heterocycles. The number of rotatable bonds is 3. The minimum Gasteiger partial charge on any atom is -0.459 e. The number of carbonyl (C=O) groups excluding carboxylic acids is 2. The van der Waals surface area contributed by atoms with Gasteiger partial charge in [0.1, 0.15) is 10.6 Å². The number of amides is 1. The Hall–Kier alpha value is -1.50. The normalized spacial score (nSPS) is 25.1. The van der Waals surface area contributed by atoms with Gasteiger partial charge in [0.2, 0.25) is 11.0 Å². The summed E-state index contributed by atoms with van der Waals surface area (Å²) in [5.74, 6) is -0.531. The smallest absolute Gasteiger partial charge is 0.307 e. The molecule has 1 aliphatic heterocycles. The van der Waals surface area contributed by atoms with Crippen LogP contribution in [-0.4, -0.2) is 27.7 Å². The van der Waals surface area contributed by atoms with Gasteiger partial charge in [-0.1, -0.05) is 17.8 Å². The topological polar surface area (TPSA) is 81.2 Å². The zero-order valence-corrected chi connectivity index (χ0v) is 12.3. The molecule has 1 saturated heterocycles. The Morgan fingerprint density at radius 1 is 1.40 bits per heavy atom. The fourth-order valence-corrected chi connectivity index (χ4v) is 3.44. The van der Waals surface area contributed by atoms with E-state index in [0.29, 0.717) is 11.0 Å². The van der Waals surface area contributed by atoms with E-state index >= 15 is 0 Å². The molecule has 108 valence electrons. The number of ether oxygens (including phenoxy) is 1. The molecule has 7 heteroatoms. The number of anilines is 1. The molecule has 2 fully saturated rings. The van der Waals surface area contributed by atoms with E-state index in [9.17, 15) is 9.59 Å². The average Bonchev–Trinajstić information content (AvgIpc) is 2.80. The number of hydrogen-bond acceptors (Lipinski definition) is 6. The maximum Gasteiger partial charge on any atom is 0.307 e. The van der Waals surface area contributed by atoms with Gasteiger partial charge in [-0.2, -0.15) is 0 Å². The number of nitrogens with zero attached hydrogens (tertiary/aromatic N) is 2. The Morgan fingerprint density at radius 2 is 2.15 bits per heavy atom. The van der Waals surface area contributed by atoms with Crippen LogP contribution in [0.4, 0.5) is 5.13 Å². The molecule has 0 bridgehead atoms. The van der Waals surface area contributed by atoms with E-state index in [-0.39, 0.29) is 18.3 Å². The van der Waals surface area contributed by atoms with Crippen molar-refractivity contribution in [1.29, 1.82) is 0 Å². The highest BCUT2D eigenvalue weighted by Gasteiger charge is 2.46. The second-order valence-corrected chi connectivity index (χ2v) is 6.91.